The van der Waals surface area contributed by atoms with E-state index in [1.54, 1.807) is 30.9 Å². The van der Waals surface area contributed by atoms with Gasteiger partial charge in [-0.3, -0.25) is 4.98 Å². The second-order valence-electron chi connectivity index (χ2n) is 6.01. The summed E-state index contributed by atoms with van der Waals surface area (Å²) in [6, 6.07) is 10.0. The van der Waals surface area contributed by atoms with Crippen LogP contribution < -0.4 is 0 Å². The van der Waals surface area contributed by atoms with Crippen LogP contribution in [0.4, 0.5) is 0 Å². The van der Waals surface area contributed by atoms with E-state index in [0.29, 0.717) is 12.2 Å². The van der Waals surface area contributed by atoms with Gasteiger partial charge >= 0.3 is 5.97 Å². The van der Waals surface area contributed by atoms with Gasteiger partial charge in [0.2, 0.25) is 0 Å². The lowest BCUT2D eigenvalue weighted by Gasteiger charge is -2.27. The van der Waals surface area contributed by atoms with Crippen LogP contribution in [-0.2, 0) is 10.2 Å². The maximum absolute atomic E-state index is 11.7. The van der Waals surface area contributed by atoms with E-state index in [-0.39, 0.29) is 11.4 Å². The summed E-state index contributed by atoms with van der Waals surface area (Å²) in [5.41, 5.74) is 3.71. The first kappa shape index (κ1) is 15.8. The molecule has 2 aromatic rings. The summed E-state index contributed by atoms with van der Waals surface area (Å²) in [5.74, 6) is -0.334. The van der Waals surface area contributed by atoms with E-state index in [9.17, 15) is 4.79 Å². The number of thioether (sulfide) groups is 1. The summed E-state index contributed by atoms with van der Waals surface area (Å²) >= 11 is 1.74. The van der Waals surface area contributed by atoms with Gasteiger partial charge in [-0.1, -0.05) is 37.8 Å². The predicted molar refractivity (Wildman–Crippen MR) is 93.7 cm³/mol. The molecule has 118 valence electrons. The van der Waals surface area contributed by atoms with E-state index in [1.807, 2.05) is 6.07 Å². The molecule has 0 atom stereocenters. The Morgan fingerprint density at radius 3 is 2.78 bits per heavy atom. The zero-order valence-corrected chi connectivity index (χ0v) is 14.3. The van der Waals surface area contributed by atoms with E-state index in [1.165, 1.54) is 10.5 Å². The van der Waals surface area contributed by atoms with Crippen molar-refractivity contribution in [1.29, 1.82) is 0 Å². The Bertz CT molecular complexity index is 763. The Morgan fingerprint density at radius 1 is 1.26 bits per heavy atom. The third-order valence-electron chi connectivity index (χ3n) is 3.92. The average molecular weight is 325 g/mol. The van der Waals surface area contributed by atoms with Gasteiger partial charge in [0, 0.05) is 22.1 Å². The number of hydrogen-bond donors (Lipinski definition) is 0. The lowest BCUT2D eigenvalue weighted by molar-refractivity contribution is 0.0526. The zero-order valence-electron chi connectivity index (χ0n) is 13.5. The van der Waals surface area contributed by atoms with Crippen LogP contribution >= 0.6 is 11.8 Å². The highest BCUT2D eigenvalue weighted by atomic mass is 32.2. The summed E-state index contributed by atoms with van der Waals surface area (Å²) in [4.78, 5) is 17.4. The summed E-state index contributed by atoms with van der Waals surface area (Å²) in [5, 5.41) is 2.15. The van der Waals surface area contributed by atoms with E-state index >= 15 is 0 Å². The molecule has 0 amide bonds. The molecule has 3 rings (SSSR count). The molecule has 1 aromatic heterocycles. The maximum atomic E-state index is 11.7. The second-order valence-corrected chi connectivity index (χ2v) is 6.95. The van der Waals surface area contributed by atoms with Crippen molar-refractivity contribution in [3.05, 3.63) is 59.1 Å². The van der Waals surface area contributed by atoms with Crippen molar-refractivity contribution < 1.29 is 9.53 Å². The molecule has 23 heavy (non-hydrogen) atoms. The van der Waals surface area contributed by atoms with Crippen molar-refractivity contribution in [1.82, 2.24) is 4.98 Å². The van der Waals surface area contributed by atoms with Crippen LogP contribution in [0.3, 0.4) is 0 Å². The number of carbonyl (C=O) groups is 1. The summed E-state index contributed by atoms with van der Waals surface area (Å²) in [7, 11) is 0. The third-order valence-corrected chi connectivity index (χ3v) is 4.81. The first-order valence-corrected chi connectivity index (χ1v) is 8.51. The molecule has 0 N–H and O–H groups in total. The molecule has 3 nitrogen and oxygen atoms in total. The molecule has 0 radical (unpaired) electrons. The first-order valence-electron chi connectivity index (χ1n) is 7.64. The SMILES string of the molecule is CCOC(=O)c1ccc(-c2ccc3c(c2)C(C)(C)C=CS3)nc1. The van der Waals surface area contributed by atoms with Crippen LogP contribution in [0.1, 0.15) is 36.7 Å². The van der Waals surface area contributed by atoms with Crippen molar-refractivity contribution >= 4 is 17.7 Å². The second kappa shape index (κ2) is 6.20. The Balaban J connectivity index is 1.93. The largest absolute Gasteiger partial charge is 0.462 e. The van der Waals surface area contributed by atoms with E-state index < -0.39 is 0 Å². The van der Waals surface area contributed by atoms with Crippen molar-refractivity contribution in [2.24, 2.45) is 0 Å². The van der Waals surface area contributed by atoms with E-state index in [2.05, 4.69) is 48.5 Å². The topological polar surface area (TPSA) is 39.2 Å². The lowest BCUT2D eigenvalue weighted by Crippen LogP contribution is -2.16. The fourth-order valence-corrected chi connectivity index (χ4v) is 3.71. The molecule has 0 unspecified atom stereocenters. The first-order chi connectivity index (χ1) is 11.0. The monoisotopic (exact) mass is 325 g/mol. The quantitative estimate of drug-likeness (QED) is 0.758. The Morgan fingerprint density at radius 2 is 2.09 bits per heavy atom. The molecular formula is C19H19NO2S. The third kappa shape index (κ3) is 3.17. The number of aromatic nitrogens is 1. The molecular weight excluding hydrogens is 306 g/mol. The molecule has 1 aliphatic heterocycles. The van der Waals surface area contributed by atoms with Crippen molar-refractivity contribution in [2.45, 2.75) is 31.1 Å². The minimum atomic E-state index is -0.334. The predicted octanol–water partition coefficient (Wildman–Crippen LogP) is 4.82. The highest BCUT2D eigenvalue weighted by Crippen LogP contribution is 2.41. The van der Waals surface area contributed by atoms with Gasteiger partial charge in [0.1, 0.15) is 0 Å². The number of pyridine rings is 1. The molecule has 1 aliphatic rings. The molecule has 0 aliphatic carbocycles. The van der Waals surface area contributed by atoms with Crippen LogP contribution in [-0.4, -0.2) is 17.6 Å². The minimum Gasteiger partial charge on any atom is -0.462 e. The zero-order chi connectivity index (χ0) is 16.4. The van der Waals surface area contributed by atoms with Crippen LogP contribution in [0.25, 0.3) is 11.3 Å². The average Bonchev–Trinajstić information content (AvgIpc) is 2.55. The van der Waals surface area contributed by atoms with Crippen molar-refractivity contribution in [3.8, 4) is 11.3 Å². The molecule has 0 saturated carbocycles. The van der Waals surface area contributed by atoms with Crippen LogP contribution in [0.5, 0.6) is 0 Å². The van der Waals surface area contributed by atoms with Gasteiger partial charge in [-0.15, -0.1) is 0 Å². The number of allylic oxidation sites excluding steroid dienone is 1. The van der Waals surface area contributed by atoms with Gasteiger partial charge in [-0.25, -0.2) is 4.79 Å². The maximum Gasteiger partial charge on any atom is 0.339 e. The fraction of sp³-hybridized carbons (Fsp3) is 0.263. The van der Waals surface area contributed by atoms with Crippen LogP contribution in [0, 0.1) is 0 Å². The molecule has 0 spiro atoms. The van der Waals surface area contributed by atoms with Gasteiger partial charge < -0.3 is 4.74 Å². The normalized spacial score (nSPS) is 15.1. The molecule has 2 heterocycles. The molecule has 0 bridgehead atoms. The van der Waals surface area contributed by atoms with Gasteiger partial charge in [0.15, 0.2) is 0 Å². The Hall–Kier alpha value is -2.07. The molecule has 1 aromatic carbocycles. The van der Waals surface area contributed by atoms with Gasteiger partial charge in [-0.2, -0.15) is 0 Å². The smallest absolute Gasteiger partial charge is 0.339 e. The lowest BCUT2D eigenvalue weighted by atomic mass is 9.83. The Labute approximate surface area is 140 Å². The highest BCUT2D eigenvalue weighted by Gasteiger charge is 2.24. The molecule has 0 fully saturated rings. The number of fused-ring (bicyclic) bond motifs is 1. The van der Waals surface area contributed by atoms with Gasteiger partial charge in [-0.05, 0) is 42.2 Å². The fourth-order valence-electron chi connectivity index (χ4n) is 2.56. The van der Waals surface area contributed by atoms with E-state index in [0.717, 1.165) is 11.3 Å². The van der Waals surface area contributed by atoms with Crippen LogP contribution in [0.15, 0.2) is 52.9 Å². The number of ether oxygens (including phenoxy) is 1. The van der Waals surface area contributed by atoms with Gasteiger partial charge in [0.25, 0.3) is 0 Å². The number of nitrogens with zero attached hydrogens (tertiary/aromatic N) is 1. The number of rotatable bonds is 3. The number of esters is 1. The number of carbonyl (C=O) groups excluding carboxylic acids is 1. The van der Waals surface area contributed by atoms with Gasteiger partial charge in [0.05, 0.1) is 17.9 Å². The summed E-state index contributed by atoms with van der Waals surface area (Å²) in [6.45, 7) is 6.58. The van der Waals surface area contributed by atoms with Crippen molar-refractivity contribution in [3.63, 3.8) is 0 Å². The highest BCUT2D eigenvalue weighted by molar-refractivity contribution is 8.02. The minimum absolute atomic E-state index is 0.0153. The standard InChI is InChI=1S/C19H19NO2S/c1-4-22-18(21)14-5-7-16(20-12-14)13-6-8-17-15(11-13)19(2,3)9-10-23-17/h5-12H,4H2,1-3H3. The van der Waals surface area contributed by atoms with Crippen molar-refractivity contribution in [2.75, 3.05) is 6.61 Å². The van der Waals surface area contributed by atoms with E-state index in [4.69, 9.17) is 4.74 Å². The molecule has 0 saturated heterocycles. The van der Waals surface area contributed by atoms with Crippen LogP contribution in [0.2, 0.25) is 0 Å². The summed E-state index contributed by atoms with van der Waals surface area (Å²) < 4.78 is 4.99. The Kier molecular flexibility index (Phi) is 4.26. The molecule has 4 heteroatoms. The summed E-state index contributed by atoms with van der Waals surface area (Å²) in [6.07, 6.45) is 3.80. The number of hydrogen-bond acceptors (Lipinski definition) is 4. The number of benzene rings is 1.